The molecule has 21 heavy (non-hydrogen) atoms. The predicted octanol–water partition coefficient (Wildman–Crippen LogP) is 1.76. The second-order valence-corrected chi connectivity index (χ2v) is 6.48. The molecule has 1 amide bonds. The van der Waals surface area contributed by atoms with Crippen LogP contribution in [0.5, 0.6) is 0 Å². The van der Waals surface area contributed by atoms with E-state index in [4.69, 9.17) is 5.73 Å². The molecule has 1 aliphatic heterocycles. The van der Waals surface area contributed by atoms with Crippen molar-refractivity contribution in [2.75, 3.05) is 13.1 Å². The topological polar surface area (TPSA) is 72.1 Å². The average Bonchev–Trinajstić information content (AvgIpc) is 2.95. The molecule has 0 aromatic carbocycles. The summed E-state index contributed by atoms with van der Waals surface area (Å²) >= 11 is 0. The van der Waals surface area contributed by atoms with E-state index in [0.29, 0.717) is 5.92 Å². The van der Waals surface area contributed by atoms with Gasteiger partial charge in [-0.05, 0) is 38.7 Å². The van der Waals surface area contributed by atoms with Crippen molar-refractivity contribution in [3.63, 3.8) is 0 Å². The van der Waals surface area contributed by atoms with Gasteiger partial charge in [0, 0.05) is 30.9 Å². The zero-order valence-electron chi connectivity index (χ0n) is 12.7. The number of aryl methyl sites for hydroxylation is 1. The van der Waals surface area contributed by atoms with E-state index in [0.717, 1.165) is 63.1 Å². The Labute approximate surface area is 125 Å². The van der Waals surface area contributed by atoms with Gasteiger partial charge in [0.25, 0.3) is 0 Å². The molecule has 1 atom stereocenters. The van der Waals surface area contributed by atoms with Gasteiger partial charge >= 0.3 is 0 Å². The average molecular weight is 288 g/mol. The van der Waals surface area contributed by atoms with Crippen molar-refractivity contribution in [2.24, 2.45) is 5.73 Å². The number of nitrogens with zero attached hydrogens (tertiary/aromatic N) is 3. The first-order valence-electron chi connectivity index (χ1n) is 7.96. The van der Waals surface area contributed by atoms with Crippen molar-refractivity contribution >= 4 is 5.91 Å². The Morgan fingerprint density at radius 1 is 1.38 bits per heavy atom. The highest BCUT2D eigenvalue weighted by Gasteiger charge is 2.41. The molecule has 5 heteroatoms. The first-order chi connectivity index (χ1) is 10.1. The summed E-state index contributed by atoms with van der Waals surface area (Å²) in [5.74, 6) is 1.26. The third-order valence-corrected chi connectivity index (χ3v) is 4.85. The van der Waals surface area contributed by atoms with Crippen molar-refractivity contribution in [1.82, 2.24) is 14.9 Å². The summed E-state index contributed by atoms with van der Waals surface area (Å²) < 4.78 is 0. The van der Waals surface area contributed by atoms with Crippen LogP contribution in [0.3, 0.4) is 0 Å². The Morgan fingerprint density at radius 3 is 2.86 bits per heavy atom. The van der Waals surface area contributed by atoms with Crippen LogP contribution in [0, 0.1) is 6.92 Å². The van der Waals surface area contributed by atoms with Gasteiger partial charge in [-0.1, -0.05) is 12.8 Å². The van der Waals surface area contributed by atoms with Gasteiger partial charge in [0.05, 0.1) is 5.54 Å². The molecule has 1 aromatic rings. The quantitative estimate of drug-likeness (QED) is 0.900. The molecule has 1 saturated heterocycles. The van der Waals surface area contributed by atoms with Gasteiger partial charge in [0.15, 0.2) is 0 Å². The molecular formula is C16H24N4O. The smallest absolute Gasteiger partial charge is 0.242 e. The molecular weight excluding hydrogens is 264 g/mol. The summed E-state index contributed by atoms with van der Waals surface area (Å²) in [6, 6.07) is 1.97. The Balaban J connectivity index is 1.72. The van der Waals surface area contributed by atoms with Crippen molar-refractivity contribution in [3.05, 3.63) is 23.8 Å². The lowest BCUT2D eigenvalue weighted by Gasteiger charge is -2.37. The molecule has 0 spiro atoms. The largest absolute Gasteiger partial charge is 0.340 e. The van der Waals surface area contributed by atoms with Gasteiger partial charge in [-0.25, -0.2) is 9.97 Å². The minimum Gasteiger partial charge on any atom is -0.340 e. The van der Waals surface area contributed by atoms with Crippen LogP contribution in [0.1, 0.15) is 56.0 Å². The lowest BCUT2D eigenvalue weighted by atomic mass is 9.91. The van der Waals surface area contributed by atoms with E-state index in [9.17, 15) is 4.79 Å². The fourth-order valence-electron chi connectivity index (χ4n) is 3.64. The predicted molar refractivity (Wildman–Crippen MR) is 80.7 cm³/mol. The van der Waals surface area contributed by atoms with Crippen LogP contribution in [0.15, 0.2) is 12.3 Å². The maximum absolute atomic E-state index is 12.7. The Kier molecular flexibility index (Phi) is 3.93. The first kappa shape index (κ1) is 14.4. The number of nitrogens with two attached hydrogens (primary N) is 1. The molecule has 0 bridgehead atoms. The van der Waals surface area contributed by atoms with E-state index < -0.39 is 5.54 Å². The molecule has 0 radical (unpaired) electrons. The van der Waals surface area contributed by atoms with Crippen LogP contribution < -0.4 is 5.73 Å². The number of carbonyl (C=O) groups is 1. The fraction of sp³-hybridized carbons (Fsp3) is 0.688. The summed E-state index contributed by atoms with van der Waals surface area (Å²) in [5.41, 5.74) is 6.77. The van der Waals surface area contributed by atoms with Gasteiger partial charge in [0.1, 0.15) is 5.82 Å². The van der Waals surface area contributed by atoms with Crippen LogP contribution in [-0.2, 0) is 4.79 Å². The lowest BCUT2D eigenvalue weighted by Crippen LogP contribution is -2.55. The number of carbonyl (C=O) groups excluding carboxylic acids is 1. The van der Waals surface area contributed by atoms with Crippen molar-refractivity contribution in [3.8, 4) is 0 Å². The zero-order valence-corrected chi connectivity index (χ0v) is 12.7. The van der Waals surface area contributed by atoms with Crippen molar-refractivity contribution < 1.29 is 4.79 Å². The molecule has 114 valence electrons. The summed E-state index contributed by atoms with van der Waals surface area (Å²) in [4.78, 5) is 23.4. The third-order valence-electron chi connectivity index (χ3n) is 4.85. The highest BCUT2D eigenvalue weighted by atomic mass is 16.2. The number of likely N-dealkylation sites (tertiary alicyclic amines) is 1. The van der Waals surface area contributed by atoms with E-state index in [1.807, 2.05) is 17.9 Å². The van der Waals surface area contributed by atoms with Gasteiger partial charge in [0.2, 0.25) is 5.91 Å². The fourth-order valence-corrected chi connectivity index (χ4v) is 3.64. The van der Waals surface area contributed by atoms with Gasteiger partial charge < -0.3 is 10.6 Å². The van der Waals surface area contributed by atoms with E-state index in [-0.39, 0.29) is 5.91 Å². The standard InChI is InChI=1S/C16H24N4O/c1-12-18-9-6-14(19-12)13-5-4-10-20(11-13)15(21)16(17)7-2-3-8-16/h6,9,13H,2-5,7-8,10-11,17H2,1H3/t13-/m1/s1. The van der Waals surface area contributed by atoms with Crippen LogP contribution in [0.25, 0.3) is 0 Å². The highest BCUT2D eigenvalue weighted by Crippen LogP contribution is 2.32. The monoisotopic (exact) mass is 288 g/mol. The van der Waals surface area contributed by atoms with E-state index in [1.54, 1.807) is 6.20 Å². The minimum absolute atomic E-state index is 0.149. The number of amides is 1. The molecule has 2 N–H and O–H groups in total. The number of hydrogen-bond acceptors (Lipinski definition) is 4. The summed E-state index contributed by atoms with van der Waals surface area (Å²) in [5, 5.41) is 0. The normalized spacial score (nSPS) is 25.0. The molecule has 0 unspecified atom stereocenters. The molecule has 2 heterocycles. The van der Waals surface area contributed by atoms with Crippen molar-refractivity contribution in [1.29, 1.82) is 0 Å². The second-order valence-electron chi connectivity index (χ2n) is 6.48. The summed E-state index contributed by atoms with van der Waals surface area (Å²) in [7, 11) is 0. The van der Waals surface area contributed by atoms with Crippen LogP contribution in [-0.4, -0.2) is 39.4 Å². The maximum Gasteiger partial charge on any atom is 0.242 e. The van der Waals surface area contributed by atoms with Gasteiger partial charge in [-0.2, -0.15) is 0 Å². The number of rotatable bonds is 2. The molecule has 1 aliphatic carbocycles. The minimum atomic E-state index is -0.608. The van der Waals surface area contributed by atoms with Gasteiger partial charge in [-0.15, -0.1) is 0 Å². The maximum atomic E-state index is 12.7. The lowest BCUT2D eigenvalue weighted by molar-refractivity contribution is -0.138. The van der Waals surface area contributed by atoms with Crippen LogP contribution >= 0.6 is 0 Å². The number of aromatic nitrogens is 2. The highest BCUT2D eigenvalue weighted by molar-refractivity contribution is 5.86. The third kappa shape index (κ3) is 2.93. The summed E-state index contributed by atoms with van der Waals surface area (Å²) in [6.45, 7) is 3.48. The van der Waals surface area contributed by atoms with E-state index >= 15 is 0 Å². The van der Waals surface area contributed by atoms with Crippen molar-refractivity contribution in [2.45, 2.75) is 56.9 Å². The molecule has 2 fully saturated rings. The van der Waals surface area contributed by atoms with Crippen LogP contribution in [0.2, 0.25) is 0 Å². The molecule has 1 saturated carbocycles. The Morgan fingerprint density at radius 2 is 2.14 bits per heavy atom. The SMILES string of the molecule is Cc1nccc([C@@H]2CCCN(C(=O)C3(N)CCCC3)C2)n1. The molecule has 5 nitrogen and oxygen atoms in total. The van der Waals surface area contributed by atoms with Gasteiger partial charge in [-0.3, -0.25) is 4.79 Å². The van der Waals surface area contributed by atoms with E-state index in [2.05, 4.69) is 9.97 Å². The summed E-state index contributed by atoms with van der Waals surface area (Å²) in [6.07, 6.45) is 7.72. The molecule has 2 aliphatic rings. The zero-order chi connectivity index (χ0) is 14.9. The van der Waals surface area contributed by atoms with Crippen LogP contribution in [0.4, 0.5) is 0 Å². The first-order valence-corrected chi connectivity index (χ1v) is 7.96. The number of hydrogen-bond donors (Lipinski definition) is 1. The Hall–Kier alpha value is -1.49. The van der Waals surface area contributed by atoms with E-state index in [1.165, 1.54) is 0 Å². The second kappa shape index (κ2) is 5.72. The molecule has 1 aromatic heterocycles. The molecule has 3 rings (SSSR count). The number of piperidine rings is 1. The Bertz CT molecular complexity index is 525.